The van der Waals surface area contributed by atoms with Crippen LogP contribution in [0, 0.1) is 0 Å². The molecule has 0 bridgehead atoms. The van der Waals surface area contributed by atoms with Gasteiger partial charge in [-0.15, -0.1) is 0 Å². The van der Waals surface area contributed by atoms with Gasteiger partial charge < -0.3 is 4.90 Å². The molecule has 110 valence electrons. The van der Waals surface area contributed by atoms with Crippen molar-refractivity contribution >= 4 is 17.1 Å². The summed E-state index contributed by atoms with van der Waals surface area (Å²) in [5, 5.41) is 3.85. The first-order valence-corrected chi connectivity index (χ1v) is 8.65. The van der Waals surface area contributed by atoms with Crippen LogP contribution in [0.4, 0.5) is 0 Å². The number of carbonyl (C=O) groups is 1. The van der Waals surface area contributed by atoms with Crippen LogP contribution in [0.15, 0.2) is 41.1 Å². The SMILES string of the molecule is O=C(c1ccc(CCCN2CCCC2)cc1)c1ccsc1. The van der Waals surface area contributed by atoms with Gasteiger partial charge in [-0.05, 0) is 62.3 Å². The van der Waals surface area contributed by atoms with Crippen LogP contribution in [0.25, 0.3) is 0 Å². The predicted octanol–water partition coefficient (Wildman–Crippen LogP) is 4.01. The number of carbonyl (C=O) groups excluding carboxylic acids is 1. The fraction of sp³-hybridized carbons (Fsp3) is 0.389. The molecule has 0 saturated carbocycles. The van der Waals surface area contributed by atoms with Gasteiger partial charge in [-0.25, -0.2) is 0 Å². The Hall–Kier alpha value is -1.45. The van der Waals surface area contributed by atoms with E-state index in [-0.39, 0.29) is 5.78 Å². The van der Waals surface area contributed by atoms with E-state index in [0.717, 1.165) is 17.5 Å². The fourth-order valence-corrected chi connectivity index (χ4v) is 3.53. The van der Waals surface area contributed by atoms with Crippen molar-refractivity contribution in [2.75, 3.05) is 19.6 Å². The highest BCUT2D eigenvalue weighted by Crippen LogP contribution is 2.15. The zero-order chi connectivity index (χ0) is 14.5. The second-order valence-electron chi connectivity index (χ2n) is 5.69. The number of ketones is 1. The summed E-state index contributed by atoms with van der Waals surface area (Å²) in [7, 11) is 0. The molecule has 1 aromatic carbocycles. The van der Waals surface area contributed by atoms with Crippen LogP contribution in [0.1, 0.15) is 40.7 Å². The first-order chi connectivity index (χ1) is 10.3. The Bertz CT molecular complexity index is 568. The van der Waals surface area contributed by atoms with Crippen molar-refractivity contribution in [3.63, 3.8) is 0 Å². The number of benzene rings is 1. The van der Waals surface area contributed by atoms with E-state index in [4.69, 9.17) is 0 Å². The monoisotopic (exact) mass is 299 g/mol. The molecule has 21 heavy (non-hydrogen) atoms. The Morgan fingerprint density at radius 2 is 1.81 bits per heavy atom. The van der Waals surface area contributed by atoms with E-state index in [9.17, 15) is 4.79 Å². The van der Waals surface area contributed by atoms with Crippen LogP contribution in [-0.2, 0) is 6.42 Å². The Balaban J connectivity index is 1.53. The Morgan fingerprint density at radius 1 is 1.05 bits per heavy atom. The van der Waals surface area contributed by atoms with Crippen LogP contribution in [-0.4, -0.2) is 30.3 Å². The molecule has 0 N–H and O–H groups in total. The maximum Gasteiger partial charge on any atom is 0.193 e. The number of rotatable bonds is 6. The van der Waals surface area contributed by atoms with E-state index in [0.29, 0.717) is 0 Å². The van der Waals surface area contributed by atoms with Gasteiger partial charge >= 0.3 is 0 Å². The molecule has 2 heterocycles. The summed E-state index contributed by atoms with van der Waals surface area (Å²) < 4.78 is 0. The molecule has 0 aliphatic carbocycles. The lowest BCUT2D eigenvalue weighted by molar-refractivity contribution is 0.103. The first kappa shape index (κ1) is 14.5. The van der Waals surface area contributed by atoms with E-state index in [1.807, 2.05) is 29.0 Å². The zero-order valence-electron chi connectivity index (χ0n) is 12.3. The average molecular weight is 299 g/mol. The molecule has 1 aliphatic heterocycles. The minimum absolute atomic E-state index is 0.125. The van der Waals surface area contributed by atoms with Crippen molar-refractivity contribution in [3.8, 4) is 0 Å². The van der Waals surface area contributed by atoms with Crippen LogP contribution in [0.5, 0.6) is 0 Å². The van der Waals surface area contributed by atoms with Gasteiger partial charge in [-0.3, -0.25) is 4.79 Å². The summed E-state index contributed by atoms with van der Waals surface area (Å²) in [6, 6.07) is 10.0. The van der Waals surface area contributed by atoms with Gasteiger partial charge in [0, 0.05) is 16.5 Å². The third kappa shape index (κ3) is 3.80. The minimum Gasteiger partial charge on any atom is -0.303 e. The van der Waals surface area contributed by atoms with E-state index >= 15 is 0 Å². The highest BCUT2D eigenvalue weighted by atomic mass is 32.1. The average Bonchev–Trinajstić information content (AvgIpc) is 3.21. The lowest BCUT2D eigenvalue weighted by Crippen LogP contribution is -2.20. The molecule has 0 radical (unpaired) electrons. The highest BCUT2D eigenvalue weighted by Gasteiger charge is 2.11. The van der Waals surface area contributed by atoms with Gasteiger partial charge in [0.15, 0.2) is 5.78 Å². The summed E-state index contributed by atoms with van der Waals surface area (Å²) in [5.41, 5.74) is 2.91. The van der Waals surface area contributed by atoms with E-state index in [2.05, 4.69) is 17.0 Å². The first-order valence-electron chi connectivity index (χ1n) is 7.71. The number of hydrogen-bond donors (Lipinski definition) is 0. The third-order valence-corrected chi connectivity index (χ3v) is 4.82. The predicted molar refractivity (Wildman–Crippen MR) is 88.2 cm³/mol. The maximum absolute atomic E-state index is 12.2. The normalized spacial score (nSPS) is 15.4. The molecule has 3 heteroatoms. The fourth-order valence-electron chi connectivity index (χ4n) is 2.90. The standard InChI is InChI=1S/C18H21NOS/c20-18(17-9-13-21-14-17)16-7-5-15(6-8-16)4-3-12-19-10-1-2-11-19/h5-9,13-14H,1-4,10-12H2. The van der Waals surface area contributed by atoms with Gasteiger partial charge in [0.2, 0.25) is 0 Å². The van der Waals surface area contributed by atoms with Crippen molar-refractivity contribution in [2.24, 2.45) is 0 Å². The van der Waals surface area contributed by atoms with E-state index in [1.165, 1.54) is 44.5 Å². The van der Waals surface area contributed by atoms with Gasteiger partial charge in [-0.2, -0.15) is 11.3 Å². The van der Waals surface area contributed by atoms with Crippen molar-refractivity contribution in [2.45, 2.75) is 25.7 Å². The number of nitrogens with zero attached hydrogens (tertiary/aromatic N) is 1. The van der Waals surface area contributed by atoms with Gasteiger partial charge in [0.1, 0.15) is 0 Å². The van der Waals surface area contributed by atoms with Crippen LogP contribution in [0.2, 0.25) is 0 Å². The summed E-state index contributed by atoms with van der Waals surface area (Å²) in [5.74, 6) is 0.125. The molecule has 0 unspecified atom stereocenters. The highest BCUT2D eigenvalue weighted by molar-refractivity contribution is 7.08. The molecular weight excluding hydrogens is 278 g/mol. The summed E-state index contributed by atoms with van der Waals surface area (Å²) >= 11 is 1.56. The molecule has 0 amide bonds. The lowest BCUT2D eigenvalue weighted by atomic mass is 10.0. The second kappa shape index (κ2) is 7.01. The van der Waals surface area contributed by atoms with Gasteiger partial charge in [0.05, 0.1) is 0 Å². The van der Waals surface area contributed by atoms with Crippen LogP contribution < -0.4 is 0 Å². The Kier molecular flexibility index (Phi) is 4.84. The second-order valence-corrected chi connectivity index (χ2v) is 6.47. The van der Waals surface area contributed by atoms with E-state index in [1.54, 1.807) is 11.3 Å². The molecule has 1 saturated heterocycles. The van der Waals surface area contributed by atoms with Crippen LogP contribution in [0.3, 0.4) is 0 Å². The smallest absolute Gasteiger partial charge is 0.193 e. The third-order valence-electron chi connectivity index (χ3n) is 4.14. The number of aryl methyl sites for hydroxylation is 1. The molecule has 2 nitrogen and oxygen atoms in total. The van der Waals surface area contributed by atoms with Crippen LogP contribution >= 0.6 is 11.3 Å². The molecule has 1 aliphatic rings. The molecule has 1 fully saturated rings. The maximum atomic E-state index is 12.2. The zero-order valence-corrected chi connectivity index (χ0v) is 13.1. The summed E-state index contributed by atoms with van der Waals surface area (Å²) in [4.78, 5) is 14.8. The topological polar surface area (TPSA) is 20.3 Å². The summed E-state index contributed by atoms with van der Waals surface area (Å²) in [6.45, 7) is 3.75. The van der Waals surface area contributed by atoms with Crippen molar-refractivity contribution in [1.82, 2.24) is 4.90 Å². The molecule has 3 rings (SSSR count). The number of hydrogen-bond acceptors (Lipinski definition) is 3. The Labute approximate surface area is 130 Å². The molecular formula is C18H21NOS. The molecule has 1 aromatic heterocycles. The lowest BCUT2D eigenvalue weighted by Gasteiger charge is -2.13. The quantitative estimate of drug-likeness (QED) is 0.751. The van der Waals surface area contributed by atoms with Crippen molar-refractivity contribution < 1.29 is 4.79 Å². The Morgan fingerprint density at radius 3 is 2.48 bits per heavy atom. The number of thiophene rings is 1. The molecule has 0 spiro atoms. The summed E-state index contributed by atoms with van der Waals surface area (Å²) in [6.07, 6.45) is 5.03. The van der Waals surface area contributed by atoms with Crippen molar-refractivity contribution in [3.05, 3.63) is 57.8 Å². The van der Waals surface area contributed by atoms with E-state index < -0.39 is 0 Å². The van der Waals surface area contributed by atoms with Crippen molar-refractivity contribution in [1.29, 1.82) is 0 Å². The molecule has 2 aromatic rings. The van der Waals surface area contributed by atoms with Gasteiger partial charge in [0.25, 0.3) is 0 Å². The molecule has 0 atom stereocenters. The number of likely N-dealkylation sites (tertiary alicyclic amines) is 1. The minimum atomic E-state index is 0.125. The largest absolute Gasteiger partial charge is 0.303 e. The van der Waals surface area contributed by atoms with Gasteiger partial charge in [-0.1, -0.05) is 24.3 Å².